The predicted octanol–water partition coefficient (Wildman–Crippen LogP) is 2.20. The zero-order valence-electron chi connectivity index (χ0n) is 12.1. The maximum atomic E-state index is 12.0. The lowest BCUT2D eigenvalue weighted by Gasteiger charge is -2.11. The summed E-state index contributed by atoms with van der Waals surface area (Å²) in [6.45, 7) is 1.87. The molecule has 0 aliphatic heterocycles. The zero-order chi connectivity index (χ0) is 16.0. The van der Waals surface area contributed by atoms with E-state index < -0.39 is 15.9 Å². The number of anilines is 1. The first-order valence-electron chi connectivity index (χ1n) is 6.78. The molecule has 2 rings (SSSR count). The molecule has 2 aromatic rings. The van der Waals surface area contributed by atoms with Crippen molar-refractivity contribution in [2.24, 2.45) is 0 Å². The molecule has 2 N–H and O–H groups in total. The lowest BCUT2D eigenvalue weighted by Crippen LogP contribution is -2.29. The largest absolute Gasteiger partial charge is 0.334 e. The lowest BCUT2D eigenvalue weighted by molar-refractivity contribution is 0.251. The molecule has 1 aromatic heterocycles. The maximum absolute atomic E-state index is 12.0. The normalized spacial score (nSPS) is 11.0. The van der Waals surface area contributed by atoms with Gasteiger partial charge in [-0.2, -0.15) is 0 Å². The third kappa shape index (κ3) is 4.05. The van der Waals surface area contributed by atoms with Gasteiger partial charge in [0.05, 0.1) is 16.3 Å². The van der Waals surface area contributed by atoms with Gasteiger partial charge in [0.1, 0.15) is 0 Å². The van der Waals surface area contributed by atoms with Crippen LogP contribution in [-0.2, 0) is 16.4 Å². The number of hydrogen-bond acceptors (Lipinski definition) is 4. The molecule has 0 atom stereocenters. The van der Waals surface area contributed by atoms with E-state index in [2.05, 4.69) is 15.6 Å². The van der Waals surface area contributed by atoms with Crippen molar-refractivity contribution in [3.05, 3.63) is 54.4 Å². The first-order valence-corrected chi connectivity index (χ1v) is 8.43. The average molecular weight is 319 g/mol. The van der Waals surface area contributed by atoms with Crippen LogP contribution in [0.4, 0.5) is 10.5 Å². The van der Waals surface area contributed by atoms with E-state index in [-0.39, 0.29) is 16.3 Å². The molecule has 7 heteroatoms. The summed E-state index contributed by atoms with van der Waals surface area (Å²) in [6, 6.07) is 9.48. The van der Waals surface area contributed by atoms with Crippen LogP contribution in [-0.4, -0.2) is 25.2 Å². The van der Waals surface area contributed by atoms with E-state index >= 15 is 0 Å². The van der Waals surface area contributed by atoms with Gasteiger partial charge in [0.2, 0.25) is 0 Å². The smallest absolute Gasteiger partial charge is 0.319 e. The number of carbonyl (C=O) groups excluding carboxylic acids is 1. The number of nitrogens with zero attached hydrogens (tertiary/aromatic N) is 1. The highest BCUT2D eigenvalue weighted by atomic mass is 32.2. The van der Waals surface area contributed by atoms with E-state index in [4.69, 9.17) is 0 Å². The minimum Gasteiger partial charge on any atom is -0.334 e. The molecule has 0 bridgehead atoms. The standard InChI is InChI=1S/C15H17N3O3S/c1-2-22(20,21)14-8-4-3-7-13(14)18-15(19)17-11-12-6-5-9-16-10-12/h3-10H,2,11H2,1H3,(H2,17,18,19). The summed E-state index contributed by atoms with van der Waals surface area (Å²) in [5.41, 5.74) is 1.13. The topological polar surface area (TPSA) is 88.2 Å². The van der Waals surface area contributed by atoms with Crippen LogP contribution in [0.1, 0.15) is 12.5 Å². The number of rotatable bonds is 5. The Bertz CT molecular complexity index is 746. The lowest BCUT2D eigenvalue weighted by atomic mass is 10.3. The van der Waals surface area contributed by atoms with E-state index in [0.29, 0.717) is 6.54 Å². The Kier molecular flexibility index (Phi) is 5.11. The second-order valence-corrected chi connectivity index (χ2v) is 6.82. The molecule has 0 spiro atoms. The van der Waals surface area contributed by atoms with Gasteiger partial charge in [-0.25, -0.2) is 13.2 Å². The summed E-state index contributed by atoms with van der Waals surface area (Å²) < 4.78 is 24.0. The third-order valence-electron chi connectivity index (χ3n) is 3.03. The molecule has 0 radical (unpaired) electrons. The minimum absolute atomic E-state index is 0.0248. The number of para-hydroxylation sites is 1. The minimum atomic E-state index is -3.39. The summed E-state index contributed by atoms with van der Waals surface area (Å²) >= 11 is 0. The first-order chi connectivity index (χ1) is 10.5. The zero-order valence-corrected chi connectivity index (χ0v) is 12.9. The van der Waals surface area contributed by atoms with Gasteiger partial charge in [0.15, 0.2) is 9.84 Å². The van der Waals surface area contributed by atoms with Gasteiger partial charge in [-0.15, -0.1) is 0 Å². The Hall–Kier alpha value is -2.41. The van der Waals surface area contributed by atoms with Crippen LogP contribution in [0, 0.1) is 0 Å². The van der Waals surface area contributed by atoms with Crippen molar-refractivity contribution in [3.63, 3.8) is 0 Å². The molecule has 6 nitrogen and oxygen atoms in total. The van der Waals surface area contributed by atoms with Crippen molar-refractivity contribution in [2.45, 2.75) is 18.4 Å². The first kappa shape index (κ1) is 16.0. The van der Waals surface area contributed by atoms with Crippen molar-refractivity contribution in [3.8, 4) is 0 Å². The van der Waals surface area contributed by atoms with Crippen molar-refractivity contribution in [2.75, 3.05) is 11.1 Å². The molecule has 0 saturated heterocycles. The number of hydrogen-bond donors (Lipinski definition) is 2. The van der Waals surface area contributed by atoms with Gasteiger partial charge in [-0.3, -0.25) is 4.98 Å². The molecular formula is C15H17N3O3S. The monoisotopic (exact) mass is 319 g/mol. The molecular weight excluding hydrogens is 302 g/mol. The summed E-state index contributed by atoms with van der Waals surface area (Å²) in [7, 11) is -3.39. The van der Waals surface area contributed by atoms with E-state index in [1.54, 1.807) is 43.6 Å². The van der Waals surface area contributed by atoms with Crippen molar-refractivity contribution >= 4 is 21.6 Å². The summed E-state index contributed by atoms with van der Waals surface area (Å²) in [5.74, 6) is -0.0248. The molecule has 116 valence electrons. The van der Waals surface area contributed by atoms with Crippen molar-refractivity contribution < 1.29 is 13.2 Å². The van der Waals surface area contributed by atoms with E-state index in [1.165, 1.54) is 6.07 Å². The number of aromatic nitrogens is 1. The van der Waals surface area contributed by atoms with Crippen molar-refractivity contribution in [1.29, 1.82) is 0 Å². The number of amides is 2. The van der Waals surface area contributed by atoms with Crippen LogP contribution in [0.3, 0.4) is 0 Å². The van der Waals surface area contributed by atoms with Crippen LogP contribution < -0.4 is 10.6 Å². The number of benzene rings is 1. The van der Waals surface area contributed by atoms with Gasteiger partial charge >= 0.3 is 6.03 Å². The molecule has 0 aliphatic carbocycles. The number of urea groups is 1. The second-order valence-electron chi connectivity index (χ2n) is 4.57. The Morgan fingerprint density at radius 2 is 1.95 bits per heavy atom. The van der Waals surface area contributed by atoms with Crippen LogP contribution in [0.25, 0.3) is 0 Å². The Morgan fingerprint density at radius 3 is 2.64 bits per heavy atom. The van der Waals surface area contributed by atoms with Crippen LogP contribution >= 0.6 is 0 Å². The molecule has 0 saturated carbocycles. The number of sulfone groups is 1. The fourth-order valence-corrected chi connectivity index (χ4v) is 2.90. The summed E-state index contributed by atoms with van der Waals surface area (Å²) in [4.78, 5) is 16.0. The van der Waals surface area contributed by atoms with E-state index in [9.17, 15) is 13.2 Å². The second kappa shape index (κ2) is 7.04. The molecule has 0 fully saturated rings. The fraction of sp³-hybridized carbons (Fsp3) is 0.200. The number of nitrogens with one attached hydrogen (secondary N) is 2. The van der Waals surface area contributed by atoms with E-state index in [0.717, 1.165) is 5.56 Å². The maximum Gasteiger partial charge on any atom is 0.319 e. The SMILES string of the molecule is CCS(=O)(=O)c1ccccc1NC(=O)NCc1cccnc1. The summed E-state index contributed by atoms with van der Waals surface area (Å²) in [5, 5.41) is 5.23. The highest BCUT2D eigenvalue weighted by Crippen LogP contribution is 2.21. The van der Waals surface area contributed by atoms with Crippen LogP contribution in [0.5, 0.6) is 0 Å². The quantitative estimate of drug-likeness (QED) is 0.884. The highest BCUT2D eigenvalue weighted by molar-refractivity contribution is 7.91. The number of carbonyl (C=O) groups is 1. The third-order valence-corrected chi connectivity index (χ3v) is 4.81. The summed E-state index contributed by atoms with van der Waals surface area (Å²) in [6.07, 6.45) is 3.30. The van der Waals surface area contributed by atoms with Gasteiger partial charge in [0, 0.05) is 18.9 Å². The molecule has 0 unspecified atom stereocenters. The number of pyridine rings is 1. The van der Waals surface area contributed by atoms with Gasteiger partial charge in [-0.05, 0) is 23.8 Å². The average Bonchev–Trinajstić information content (AvgIpc) is 2.54. The van der Waals surface area contributed by atoms with Crippen LogP contribution in [0.15, 0.2) is 53.7 Å². The molecule has 1 aromatic carbocycles. The Morgan fingerprint density at radius 1 is 1.18 bits per heavy atom. The molecule has 2 amide bonds. The Balaban J connectivity index is 2.06. The van der Waals surface area contributed by atoms with Gasteiger partial charge in [0.25, 0.3) is 0 Å². The molecule has 1 heterocycles. The van der Waals surface area contributed by atoms with Gasteiger partial charge < -0.3 is 10.6 Å². The molecule has 22 heavy (non-hydrogen) atoms. The molecule has 0 aliphatic rings. The van der Waals surface area contributed by atoms with Crippen LogP contribution in [0.2, 0.25) is 0 Å². The Labute approximate surface area is 129 Å². The fourth-order valence-electron chi connectivity index (χ4n) is 1.85. The van der Waals surface area contributed by atoms with Crippen molar-refractivity contribution in [1.82, 2.24) is 10.3 Å². The predicted molar refractivity (Wildman–Crippen MR) is 84.3 cm³/mol. The highest BCUT2D eigenvalue weighted by Gasteiger charge is 2.17. The van der Waals surface area contributed by atoms with E-state index in [1.807, 2.05) is 6.07 Å². The van der Waals surface area contributed by atoms with Gasteiger partial charge in [-0.1, -0.05) is 25.1 Å².